The molecule has 2 aliphatic heterocycles. The number of H-pyrrole nitrogens is 1. The molecule has 6 nitrogen and oxygen atoms in total. The van der Waals surface area contributed by atoms with Crippen LogP contribution < -0.4 is 4.74 Å². The van der Waals surface area contributed by atoms with Crippen LogP contribution in [0.25, 0.3) is 11.0 Å². The molecule has 1 aliphatic carbocycles. The number of aromatic amines is 1. The summed E-state index contributed by atoms with van der Waals surface area (Å²) in [4.78, 5) is 17.3. The van der Waals surface area contributed by atoms with Gasteiger partial charge in [-0.05, 0) is 49.7 Å². The van der Waals surface area contributed by atoms with Gasteiger partial charge in [0, 0.05) is 42.5 Å². The first-order valence-electron chi connectivity index (χ1n) is 11.0. The SMILES string of the molecule is C(=Nc1ncnc2[nH]c(C3CC3)cc12)C1c2ccccc2OC[C@@H]1C1CCOCC1. The first-order valence-corrected chi connectivity index (χ1v) is 11.0. The van der Waals surface area contributed by atoms with Crippen molar-refractivity contribution < 1.29 is 9.47 Å². The van der Waals surface area contributed by atoms with Crippen molar-refractivity contribution in [3.63, 3.8) is 0 Å². The van der Waals surface area contributed by atoms with Crippen molar-refractivity contribution >= 4 is 23.1 Å². The Kier molecular flexibility index (Phi) is 4.52. The van der Waals surface area contributed by atoms with E-state index in [-0.39, 0.29) is 5.92 Å². The van der Waals surface area contributed by atoms with Crippen molar-refractivity contribution in [1.29, 1.82) is 0 Å². The molecule has 0 amide bonds. The van der Waals surface area contributed by atoms with Gasteiger partial charge in [-0.3, -0.25) is 0 Å². The summed E-state index contributed by atoms with van der Waals surface area (Å²) in [6, 6.07) is 10.6. The van der Waals surface area contributed by atoms with Crippen LogP contribution in [0.4, 0.5) is 5.82 Å². The highest BCUT2D eigenvalue weighted by atomic mass is 16.5. The average molecular weight is 402 g/mol. The Labute approximate surface area is 175 Å². The molecule has 0 radical (unpaired) electrons. The summed E-state index contributed by atoms with van der Waals surface area (Å²) in [7, 11) is 0. The fourth-order valence-corrected chi connectivity index (χ4v) is 4.99. The molecule has 2 fully saturated rings. The molecule has 2 aromatic heterocycles. The monoisotopic (exact) mass is 402 g/mol. The molecule has 4 heterocycles. The molecule has 30 heavy (non-hydrogen) atoms. The highest BCUT2D eigenvalue weighted by molar-refractivity contribution is 5.88. The van der Waals surface area contributed by atoms with Gasteiger partial charge < -0.3 is 14.5 Å². The average Bonchev–Trinajstić information content (AvgIpc) is 3.56. The molecular formula is C24H26N4O2. The topological polar surface area (TPSA) is 72.4 Å². The quantitative estimate of drug-likeness (QED) is 0.639. The molecule has 1 aromatic carbocycles. The Morgan fingerprint density at radius 1 is 1.07 bits per heavy atom. The molecule has 154 valence electrons. The maximum atomic E-state index is 6.15. The zero-order valence-corrected chi connectivity index (χ0v) is 17.0. The minimum absolute atomic E-state index is 0.213. The second-order valence-electron chi connectivity index (χ2n) is 8.72. The first-order chi connectivity index (χ1) is 14.9. The third kappa shape index (κ3) is 3.29. The molecule has 0 bridgehead atoms. The number of hydrogen-bond acceptors (Lipinski definition) is 5. The van der Waals surface area contributed by atoms with Crippen molar-refractivity contribution in [1.82, 2.24) is 15.0 Å². The highest BCUT2D eigenvalue weighted by Crippen LogP contribution is 2.43. The molecule has 6 rings (SSSR count). The first kappa shape index (κ1) is 18.1. The fraction of sp³-hybridized carbons (Fsp3) is 0.458. The molecule has 2 atom stereocenters. The Morgan fingerprint density at radius 2 is 1.93 bits per heavy atom. The van der Waals surface area contributed by atoms with Gasteiger partial charge in [-0.1, -0.05) is 18.2 Å². The van der Waals surface area contributed by atoms with Gasteiger partial charge in [0.05, 0.1) is 12.0 Å². The summed E-state index contributed by atoms with van der Waals surface area (Å²) in [6.45, 7) is 2.41. The van der Waals surface area contributed by atoms with Crippen molar-refractivity contribution in [3.05, 3.63) is 47.9 Å². The summed E-state index contributed by atoms with van der Waals surface area (Å²) in [6.07, 6.45) is 8.39. The Morgan fingerprint density at radius 3 is 2.80 bits per heavy atom. The van der Waals surface area contributed by atoms with Crippen molar-refractivity contribution in [2.45, 2.75) is 37.5 Å². The second-order valence-corrected chi connectivity index (χ2v) is 8.72. The van der Waals surface area contributed by atoms with Gasteiger partial charge in [-0.25, -0.2) is 15.0 Å². The summed E-state index contributed by atoms with van der Waals surface area (Å²) in [5, 5.41) is 1.01. The van der Waals surface area contributed by atoms with Gasteiger partial charge in [0.1, 0.15) is 17.7 Å². The maximum absolute atomic E-state index is 6.15. The van der Waals surface area contributed by atoms with Gasteiger partial charge in [-0.15, -0.1) is 0 Å². The largest absolute Gasteiger partial charge is 0.493 e. The van der Waals surface area contributed by atoms with E-state index < -0.39 is 0 Å². The van der Waals surface area contributed by atoms with Crippen LogP contribution in [0.5, 0.6) is 5.75 Å². The lowest BCUT2D eigenvalue weighted by atomic mass is 9.74. The number of rotatable bonds is 4. The number of hydrogen-bond donors (Lipinski definition) is 1. The number of ether oxygens (including phenoxy) is 2. The van der Waals surface area contributed by atoms with Crippen LogP contribution in [-0.4, -0.2) is 41.0 Å². The summed E-state index contributed by atoms with van der Waals surface area (Å²) >= 11 is 0. The van der Waals surface area contributed by atoms with Crippen LogP contribution >= 0.6 is 0 Å². The Bertz CT molecular complexity index is 1080. The summed E-state index contributed by atoms with van der Waals surface area (Å²) in [5.74, 6) is 3.57. The van der Waals surface area contributed by atoms with E-state index in [0.29, 0.717) is 17.8 Å². The van der Waals surface area contributed by atoms with Gasteiger partial charge in [0.2, 0.25) is 0 Å². The molecule has 3 aliphatic rings. The third-order valence-electron chi connectivity index (χ3n) is 6.84. The number of para-hydroxylation sites is 1. The normalized spacial score (nSPS) is 24.8. The van der Waals surface area contributed by atoms with E-state index in [9.17, 15) is 0 Å². The van der Waals surface area contributed by atoms with Crippen LogP contribution in [0, 0.1) is 11.8 Å². The van der Waals surface area contributed by atoms with Crippen LogP contribution in [0.15, 0.2) is 41.7 Å². The summed E-state index contributed by atoms with van der Waals surface area (Å²) < 4.78 is 11.7. The number of nitrogens with zero attached hydrogens (tertiary/aromatic N) is 3. The lowest BCUT2D eigenvalue weighted by molar-refractivity contribution is 0.0301. The Balaban J connectivity index is 1.36. The number of benzene rings is 1. The predicted octanol–water partition coefficient (Wildman–Crippen LogP) is 4.76. The number of fused-ring (bicyclic) bond motifs is 2. The van der Waals surface area contributed by atoms with E-state index in [2.05, 4.69) is 45.4 Å². The van der Waals surface area contributed by atoms with Crippen LogP contribution in [0.3, 0.4) is 0 Å². The molecule has 1 unspecified atom stereocenters. The fourth-order valence-electron chi connectivity index (χ4n) is 4.99. The van der Waals surface area contributed by atoms with Crippen molar-refractivity contribution in [3.8, 4) is 5.75 Å². The third-order valence-corrected chi connectivity index (χ3v) is 6.84. The van der Waals surface area contributed by atoms with E-state index in [1.807, 2.05) is 6.07 Å². The molecule has 0 spiro atoms. The Hall–Kier alpha value is -2.73. The van der Waals surface area contributed by atoms with Gasteiger partial charge in [0.25, 0.3) is 0 Å². The smallest absolute Gasteiger partial charge is 0.164 e. The number of aliphatic imine (C=N–C) groups is 1. The minimum atomic E-state index is 0.213. The standard InChI is InChI=1S/C24H26N4O2/c1-2-4-22-17(3-1)19(20(13-30-22)15-7-9-29-10-8-15)12-25-23-18-11-21(16-5-6-16)28-24(18)27-14-26-23/h1-4,11-12,14-16,19-20H,5-10,13H2,(H,26,27,28)/t19?,20-/m1/s1. The molecule has 1 N–H and O–H groups in total. The van der Waals surface area contributed by atoms with E-state index in [4.69, 9.17) is 14.5 Å². The lowest BCUT2D eigenvalue weighted by Crippen LogP contribution is -2.35. The zero-order chi connectivity index (χ0) is 19.9. The molecule has 1 saturated carbocycles. The van der Waals surface area contributed by atoms with Gasteiger partial charge in [-0.2, -0.15) is 0 Å². The maximum Gasteiger partial charge on any atom is 0.164 e. The zero-order valence-electron chi connectivity index (χ0n) is 17.0. The number of nitrogens with one attached hydrogen (secondary N) is 1. The van der Waals surface area contributed by atoms with E-state index >= 15 is 0 Å². The van der Waals surface area contributed by atoms with Crippen molar-refractivity contribution in [2.75, 3.05) is 19.8 Å². The van der Waals surface area contributed by atoms with E-state index in [1.165, 1.54) is 24.1 Å². The second kappa shape index (κ2) is 7.51. The van der Waals surface area contributed by atoms with Gasteiger partial charge >= 0.3 is 0 Å². The molecule has 6 heteroatoms. The predicted molar refractivity (Wildman–Crippen MR) is 116 cm³/mol. The highest BCUT2D eigenvalue weighted by Gasteiger charge is 2.36. The van der Waals surface area contributed by atoms with Crippen LogP contribution in [-0.2, 0) is 4.74 Å². The van der Waals surface area contributed by atoms with Crippen LogP contribution in [0.1, 0.15) is 48.8 Å². The molecule has 3 aromatic rings. The number of aromatic nitrogens is 3. The van der Waals surface area contributed by atoms with E-state index in [1.54, 1.807) is 6.33 Å². The minimum Gasteiger partial charge on any atom is -0.493 e. The molecular weight excluding hydrogens is 376 g/mol. The van der Waals surface area contributed by atoms with Gasteiger partial charge in [0.15, 0.2) is 5.82 Å². The van der Waals surface area contributed by atoms with Crippen molar-refractivity contribution in [2.24, 2.45) is 16.8 Å². The lowest BCUT2D eigenvalue weighted by Gasteiger charge is -2.38. The summed E-state index contributed by atoms with van der Waals surface area (Å²) in [5.41, 5.74) is 3.37. The van der Waals surface area contributed by atoms with E-state index in [0.717, 1.165) is 55.3 Å². The van der Waals surface area contributed by atoms with Crippen LogP contribution in [0.2, 0.25) is 0 Å². The molecule has 1 saturated heterocycles.